The van der Waals surface area contributed by atoms with Gasteiger partial charge in [0.15, 0.2) is 5.65 Å². The number of pyridine rings is 1. The molecule has 144 valence electrons. The fourth-order valence-corrected chi connectivity index (χ4v) is 5.31. The third-order valence-corrected chi connectivity index (χ3v) is 6.95. The Hall–Kier alpha value is -2.11. The number of aryl methyl sites for hydroxylation is 1. The molecule has 27 heavy (non-hydrogen) atoms. The molecule has 0 aliphatic heterocycles. The van der Waals surface area contributed by atoms with Gasteiger partial charge < -0.3 is 5.32 Å². The van der Waals surface area contributed by atoms with Crippen molar-refractivity contribution in [1.29, 1.82) is 0 Å². The predicted molar refractivity (Wildman–Crippen MR) is 104 cm³/mol. The Morgan fingerprint density at radius 3 is 2.70 bits per heavy atom. The van der Waals surface area contributed by atoms with Gasteiger partial charge in [-0.1, -0.05) is 25.7 Å². The number of H-pyrrole nitrogens is 1. The molecule has 3 atom stereocenters. The molecule has 0 aromatic carbocycles. The molecule has 0 radical (unpaired) electrons. The first-order valence-electron chi connectivity index (χ1n) is 10.5. The van der Waals surface area contributed by atoms with E-state index in [0.29, 0.717) is 22.5 Å². The molecular formula is C21H28N4O2. The van der Waals surface area contributed by atoms with Crippen molar-refractivity contribution in [1.82, 2.24) is 20.1 Å². The van der Waals surface area contributed by atoms with Crippen molar-refractivity contribution in [2.75, 3.05) is 0 Å². The van der Waals surface area contributed by atoms with Gasteiger partial charge in [0.2, 0.25) is 0 Å². The van der Waals surface area contributed by atoms with E-state index in [-0.39, 0.29) is 17.5 Å². The number of nitrogens with one attached hydrogen (secondary N) is 2. The van der Waals surface area contributed by atoms with Gasteiger partial charge in [0.25, 0.3) is 11.5 Å². The van der Waals surface area contributed by atoms with Crippen molar-refractivity contribution in [2.24, 2.45) is 18.9 Å². The van der Waals surface area contributed by atoms with E-state index in [1.165, 1.54) is 32.1 Å². The van der Waals surface area contributed by atoms with E-state index in [1.807, 2.05) is 6.07 Å². The summed E-state index contributed by atoms with van der Waals surface area (Å²) in [6.45, 7) is 0. The van der Waals surface area contributed by atoms with Crippen LogP contribution in [-0.2, 0) is 7.05 Å². The Kier molecular flexibility index (Phi) is 4.10. The number of hydrogen-bond donors (Lipinski definition) is 2. The summed E-state index contributed by atoms with van der Waals surface area (Å²) in [4.78, 5) is 30.2. The standard InChI is InChI=1S/C21H28N4O2/c1-25-19-18(21(27)24-25)16(11-17(23-19)13-6-7-13)20(26)22-15-9-8-12-4-2-3-5-14(12)10-15/h11-15H,2-10H2,1H3,(H,22,26)(H,24,27). The Labute approximate surface area is 158 Å². The number of nitrogens with zero attached hydrogens (tertiary/aromatic N) is 2. The van der Waals surface area contributed by atoms with Crippen LogP contribution in [0.15, 0.2) is 10.9 Å². The second-order valence-corrected chi connectivity index (χ2v) is 8.86. The lowest BCUT2D eigenvalue weighted by Crippen LogP contribution is -2.41. The molecule has 3 fully saturated rings. The van der Waals surface area contributed by atoms with E-state index in [9.17, 15) is 9.59 Å². The SMILES string of the molecule is Cn1[nH]c(=O)c2c(C(=O)NC3CCC4CCCCC4C3)cc(C3CC3)nc21. The minimum absolute atomic E-state index is 0.111. The largest absolute Gasteiger partial charge is 0.349 e. The molecule has 6 nitrogen and oxygen atoms in total. The minimum Gasteiger partial charge on any atom is -0.349 e. The van der Waals surface area contributed by atoms with Gasteiger partial charge in [-0.2, -0.15) is 0 Å². The van der Waals surface area contributed by atoms with Crippen LogP contribution in [-0.4, -0.2) is 26.7 Å². The molecule has 3 aliphatic carbocycles. The Bertz CT molecular complexity index is 940. The Balaban J connectivity index is 1.42. The fourth-order valence-electron chi connectivity index (χ4n) is 5.31. The van der Waals surface area contributed by atoms with Gasteiger partial charge in [-0.05, 0) is 50.0 Å². The van der Waals surface area contributed by atoms with Crippen molar-refractivity contribution in [3.05, 3.63) is 27.7 Å². The molecule has 3 aliphatic rings. The number of carbonyl (C=O) groups excluding carboxylic acids is 1. The van der Waals surface area contributed by atoms with Crippen LogP contribution in [0.4, 0.5) is 0 Å². The molecule has 6 heteroatoms. The van der Waals surface area contributed by atoms with Crippen LogP contribution in [0.25, 0.3) is 11.0 Å². The lowest BCUT2D eigenvalue weighted by Gasteiger charge is -2.39. The highest BCUT2D eigenvalue weighted by Crippen LogP contribution is 2.41. The quantitative estimate of drug-likeness (QED) is 0.873. The van der Waals surface area contributed by atoms with Crippen LogP contribution in [0.5, 0.6) is 0 Å². The zero-order valence-electron chi connectivity index (χ0n) is 16.0. The highest BCUT2D eigenvalue weighted by atomic mass is 16.2. The van der Waals surface area contributed by atoms with Crippen LogP contribution in [0.3, 0.4) is 0 Å². The average Bonchev–Trinajstić information content (AvgIpc) is 3.48. The Morgan fingerprint density at radius 1 is 1.15 bits per heavy atom. The average molecular weight is 368 g/mol. The maximum atomic E-state index is 13.1. The fraction of sp³-hybridized carbons (Fsp3) is 0.667. The van der Waals surface area contributed by atoms with Gasteiger partial charge in [0, 0.05) is 24.7 Å². The highest BCUT2D eigenvalue weighted by molar-refractivity contribution is 6.05. The maximum Gasteiger partial charge on any atom is 0.274 e. The minimum atomic E-state index is -0.233. The second kappa shape index (κ2) is 6.50. The van der Waals surface area contributed by atoms with E-state index in [2.05, 4.69) is 15.4 Å². The second-order valence-electron chi connectivity index (χ2n) is 8.86. The number of aromatic nitrogens is 3. The maximum absolute atomic E-state index is 13.1. The number of aromatic amines is 1. The van der Waals surface area contributed by atoms with E-state index in [4.69, 9.17) is 0 Å². The van der Waals surface area contributed by atoms with Crippen molar-refractivity contribution >= 4 is 16.9 Å². The molecule has 3 unspecified atom stereocenters. The van der Waals surface area contributed by atoms with E-state index in [0.717, 1.165) is 43.2 Å². The predicted octanol–water partition coefficient (Wildman–Crippen LogP) is 3.23. The lowest BCUT2D eigenvalue weighted by molar-refractivity contribution is 0.0880. The summed E-state index contributed by atoms with van der Waals surface area (Å²) in [5.41, 5.74) is 1.79. The first-order valence-corrected chi connectivity index (χ1v) is 10.5. The lowest BCUT2D eigenvalue weighted by atomic mass is 9.69. The highest BCUT2D eigenvalue weighted by Gasteiger charge is 2.34. The Morgan fingerprint density at radius 2 is 1.93 bits per heavy atom. The topological polar surface area (TPSA) is 79.8 Å². The first-order chi connectivity index (χ1) is 13.1. The molecule has 0 spiro atoms. The van der Waals surface area contributed by atoms with Crippen LogP contribution < -0.4 is 10.9 Å². The smallest absolute Gasteiger partial charge is 0.274 e. The van der Waals surface area contributed by atoms with Crippen molar-refractivity contribution < 1.29 is 4.79 Å². The third kappa shape index (κ3) is 3.09. The number of amides is 1. The molecule has 2 aromatic rings. The van der Waals surface area contributed by atoms with Crippen LogP contribution in [0.1, 0.15) is 79.8 Å². The number of rotatable bonds is 3. The van der Waals surface area contributed by atoms with Crippen LogP contribution in [0, 0.1) is 11.8 Å². The third-order valence-electron chi connectivity index (χ3n) is 6.95. The number of carbonyl (C=O) groups is 1. The summed E-state index contributed by atoms with van der Waals surface area (Å²) < 4.78 is 1.63. The van der Waals surface area contributed by atoms with Gasteiger partial charge in [-0.3, -0.25) is 19.4 Å². The van der Waals surface area contributed by atoms with E-state index >= 15 is 0 Å². The van der Waals surface area contributed by atoms with Crippen molar-refractivity contribution in [3.63, 3.8) is 0 Å². The zero-order valence-corrected chi connectivity index (χ0v) is 16.0. The molecule has 5 rings (SSSR count). The molecule has 2 aromatic heterocycles. The molecule has 2 heterocycles. The summed E-state index contributed by atoms with van der Waals surface area (Å²) in [7, 11) is 1.78. The van der Waals surface area contributed by atoms with Gasteiger partial charge in [0.05, 0.1) is 10.9 Å². The molecule has 3 saturated carbocycles. The van der Waals surface area contributed by atoms with Gasteiger partial charge >= 0.3 is 0 Å². The van der Waals surface area contributed by atoms with Gasteiger partial charge in [-0.25, -0.2) is 4.98 Å². The zero-order chi connectivity index (χ0) is 18.5. The van der Waals surface area contributed by atoms with Crippen LogP contribution >= 0.6 is 0 Å². The normalized spacial score (nSPS) is 28.1. The summed E-state index contributed by atoms with van der Waals surface area (Å²) in [6, 6.07) is 2.09. The van der Waals surface area contributed by atoms with Crippen LogP contribution in [0.2, 0.25) is 0 Å². The van der Waals surface area contributed by atoms with Crippen molar-refractivity contribution in [3.8, 4) is 0 Å². The van der Waals surface area contributed by atoms with Gasteiger partial charge in [-0.15, -0.1) is 0 Å². The van der Waals surface area contributed by atoms with Gasteiger partial charge in [0.1, 0.15) is 0 Å². The number of fused-ring (bicyclic) bond motifs is 2. The molecule has 2 N–H and O–H groups in total. The monoisotopic (exact) mass is 368 g/mol. The number of hydrogen-bond acceptors (Lipinski definition) is 3. The molecule has 0 bridgehead atoms. The summed E-state index contributed by atoms with van der Waals surface area (Å²) >= 11 is 0. The van der Waals surface area contributed by atoms with E-state index < -0.39 is 0 Å². The summed E-state index contributed by atoms with van der Waals surface area (Å²) in [5, 5.41) is 6.43. The first kappa shape index (κ1) is 17.0. The van der Waals surface area contributed by atoms with Crippen molar-refractivity contribution in [2.45, 2.75) is 69.7 Å². The summed E-state index contributed by atoms with van der Waals surface area (Å²) in [6.07, 6.45) is 11.0. The van der Waals surface area contributed by atoms with E-state index in [1.54, 1.807) is 11.7 Å². The summed E-state index contributed by atoms with van der Waals surface area (Å²) in [5.74, 6) is 1.94. The molecule has 1 amide bonds. The molecular weight excluding hydrogens is 340 g/mol. The molecule has 0 saturated heterocycles.